The monoisotopic (exact) mass is 225 g/mol. The Morgan fingerprint density at radius 1 is 1.50 bits per heavy atom. The van der Waals surface area contributed by atoms with E-state index in [-0.39, 0.29) is 17.6 Å². The van der Waals surface area contributed by atoms with Crippen molar-refractivity contribution in [1.82, 2.24) is 0 Å². The van der Waals surface area contributed by atoms with E-state index in [4.69, 9.17) is 9.57 Å². The molecule has 2 rings (SSSR count). The van der Waals surface area contributed by atoms with Crippen molar-refractivity contribution in [3.8, 4) is 5.75 Å². The largest absolute Gasteiger partial charge is 0.494 e. The number of anilines is 1. The molecule has 1 fully saturated rings. The molecule has 1 aliphatic heterocycles. The third-order valence-corrected chi connectivity index (χ3v) is 2.79. The molecule has 0 bridgehead atoms. The number of benzene rings is 1. The van der Waals surface area contributed by atoms with Crippen LogP contribution in [0.4, 0.5) is 10.1 Å². The zero-order valence-electron chi connectivity index (χ0n) is 9.57. The normalized spacial score (nSPS) is 20.9. The third-order valence-electron chi connectivity index (χ3n) is 2.79. The van der Waals surface area contributed by atoms with Gasteiger partial charge in [-0.1, -0.05) is 0 Å². The maximum absolute atomic E-state index is 13.5. The summed E-state index contributed by atoms with van der Waals surface area (Å²) in [5.41, 5.74) is 0.741. The van der Waals surface area contributed by atoms with Crippen molar-refractivity contribution in [2.24, 2.45) is 0 Å². The van der Waals surface area contributed by atoms with Crippen LogP contribution in [0, 0.1) is 5.82 Å². The van der Waals surface area contributed by atoms with E-state index in [1.54, 1.807) is 11.1 Å². The number of nitrogens with zero attached hydrogens (tertiary/aromatic N) is 1. The van der Waals surface area contributed by atoms with Gasteiger partial charge in [-0.2, -0.15) is 0 Å². The van der Waals surface area contributed by atoms with Crippen molar-refractivity contribution in [2.75, 3.05) is 18.8 Å². The van der Waals surface area contributed by atoms with Crippen LogP contribution >= 0.6 is 0 Å². The van der Waals surface area contributed by atoms with Crippen LogP contribution in [0.25, 0.3) is 0 Å². The van der Waals surface area contributed by atoms with E-state index >= 15 is 0 Å². The quantitative estimate of drug-likeness (QED) is 0.772. The van der Waals surface area contributed by atoms with Crippen LogP contribution in [-0.4, -0.2) is 19.8 Å². The Morgan fingerprint density at radius 2 is 2.31 bits per heavy atom. The number of ether oxygens (including phenoxy) is 1. The van der Waals surface area contributed by atoms with Gasteiger partial charge in [0.1, 0.15) is 0 Å². The molecule has 0 aromatic heterocycles. The highest BCUT2D eigenvalue weighted by atomic mass is 19.1. The van der Waals surface area contributed by atoms with Crippen molar-refractivity contribution in [3.63, 3.8) is 0 Å². The molecule has 0 amide bonds. The summed E-state index contributed by atoms with van der Waals surface area (Å²) in [6.45, 7) is 2.76. The fraction of sp³-hybridized carbons (Fsp3) is 0.500. The minimum Gasteiger partial charge on any atom is -0.494 e. The molecule has 0 aliphatic carbocycles. The molecule has 3 nitrogen and oxygen atoms in total. The molecule has 16 heavy (non-hydrogen) atoms. The van der Waals surface area contributed by atoms with Crippen LogP contribution in [0.5, 0.6) is 5.75 Å². The lowest BCUT2D eigenvalue weighted by Gasteiger charge is -2.34. The average Bonchev–Trinajstić information content (AvgIpc) is 2.29. The Labute approximate surface area is 94.7 Å². The Balaban J connectivity index is 2.22. The zero-order chi connectivity index (χ0) is 11.5. The number of hydroxylamine groups is 1. The first-order valence-corrected chi connectivity index (χ1v) is 5.48. The van der Waals surface area contributed by atoms with Gasteiger partial charge in [-0.15, -0.1) is 0 Å². The van der Waals surface area contributed by atoms with Crippen molar-refractivity contribution >= 4 is 5.69 Å². The summed E-state index contributed by atoms with van der Waals surface area (Å²) < 4.78 is 18.4. The number of halogens is 1. The molecule has 88 valence electrons. The van der Waals surface area contributed by atoms with Gasteiger partial charge in [0.25, 0.3) is 0 Å². The third kappa shape index (κ3) is 2.11. The van der Waals surface area contributed by atoms with Crippen LogP contribution in [0.2, 0.25) is 0 Å². The molecular formula is C12H16FNO2. The summed E-state index contributed by atoms with van der Waals surface area (Å²) in [5.74, 6) is -0.102. The molecule has 1 aromatic rings. The van der Waals surface area contributed by atoms with E-state index in [9.17, 15) is 4.39 Å². The van der Waals surface area contributed by atoms with Gasteiger partial charge < -0.3 is 4.74 Å². The van der Waals surface area contributed by atoms with Gasteiger partial charge in [0.15, 0.2) is 11.6 Å². The molecule has 0 N–H and O–H groups in total. The molecule has 0 saturated carbocycles. The van der Waals surface area contributed by atoms with E-state index in [0.29, 0.717) is 6.61 Å². The summed E-state index contributed by atoms with van der Waals surface area (Å²) in [6.07, 6.45) is 2.12. The number of methoxy groups -OCH3 is 1. The van der Waals surface area contributed by atoms with Crippen molar-refractivity contribution in [1.29, 1.82) is 0 Å². The summed E-state index contributed by atoms with van der Waals surface area (Å²) >= 11 is 0. The van der Waals surface area contributed by atoms with Crippen LogP contribution in [0.15, 0.2) is 18.2 Å². The topological polar surface area (TPSA) is 21.7 Å². The predicted molar refractivity (Wildman–Crippen MR) is 60.1 cm³/mol. The molecule has 1 saturated heterocycles. The Morgan fingerprint density at radius 3 is 2.94 bits per heavy atom. The molecule has 0 spiro atoms. The molecule has 1 aliphatic rings. The Kier molecular flexibility index (Phi) is 3.29. The summed E-state index contributed by atoms with van der Waals surface area (Å²) in [6, 6.07) is 5.15. The van der Waals surface area contributed by atoms with Crippen LogP contribution in [0.1, 0.15) is 19.8 Å². The fourth-order valence-corrected chi connectivity index (χ4v) is 1.91. The highest BCUT2D eigenvalue weighted by Crippen LogP contribution is 2.27. The Bertz CT molecular complexity index is 370. The highest BCUT2D eigenvalue weighted by Gasteiger charge is 2.20. The van der Waals surface area contributed by atoms with Crippen LogP contribution < -0.4 is 9.80 Å². The van der Waals surface area contributed by atoms with E-state index in [1.807, 2.05) is 6.07 Å². The second-order valence-electron chi connectivity index (χ2n) is 3.97. The maximum atomic E-state index is 13.5. The number of hydrogen-bond acceptors (Lipinski definition) is 3. The van der Waals surface area contributed by atoms with Gasteiger partial charge >= 0.3 is 0 Å². The lowest BCUT2D eigenvalue weighted by molar-refractivity contribution is 0.0532. The molecular weight excluding hydrogens is 209 g/mol. The summed E-state index contributed by atoms with van der Waals surface area (Å²) in [4.78, 5) is 5.53. The first-order chi connectivity index (χ1) is 7.72. The van der Waals surface area contributed by atoms with Crippen LogP contribution in [-0.2, 0) is 4.84 Å². The van der Waals surface area contributed by atoms with Crippen molar-refractivity contribution in [3.05, 3.63) is 24.0 Å². The van der Waals surface area contributed by atoms with E-state index in [2.05, 4.69) is 6.92 Å². The molecule has 1 atom stereocenters. The second-order valence-corrected chi connectivity index (χ2v) is 3.97. The number of hydrogen-bond donors (Lipinski definition) is 0. The van der Waals surface area contributed by atoms with Gasteiger partial charge in [-0.25, -0.2) is 4.39 Å². The van der Waals surface area contributed by atoms with E-state index in [0.717, 1.165) is 18.5 Å². The SMILES string of the molecule is COc1ccc(N2OCCCC2C)cc1F. The smallest absolute Gasteiger partial charge is 0.167 e. The molecule has 1 heterocycles. The van der Waals surface area contributed by atoms with Crippen molar-refractivity contribution < 1.29 is 14.0 Å². The van der Waals surface area contributed by atoms with Gasteiger partial charge in [0, 0.05) is 6.07 Å². The van der Waals surface area contributed by atoms with E-state index < -0.39 is 0 Å². The average molecular weight is 225 g/mol. The fourth-order valence-electron chi connectivity index (χ4n) is 1.91. The highest BCUT2D eigenvalue weighted by molar-refractivity contribution is 5.48. The lowest BCUT2D eigenvalue weighted by atomic mass is 10.1. The lowest BCUT2D eigenvalue weighted by Crippen LogP contribution is -2.37. The molecule has 1 aromatic carbocycles. The first kappa shape index (κ1) is 11.2. The van der Waals surface area contributed by atoms with E-state index in [1.165, 1.54) is 13.2 Å². The van der Waals surface area contributed by atoms with Gasteiger partial charge in [-0.05, 0) is 31.9 Å². The Hall–Kier alpha value is -1.29. The van der Waals surface area contributed by atoms with Gasteiger partial charge in [0.05, 0.1) is 25.4 Å². The minimum atomic E-state index is -0.360. The maximum Gasteiger partial charge on any atom is 0.167 e. The molecule has 0 radical (unpaired) electrons. The first-order valence-electron chi connectivity index (χ1n) is 5.48. The van der Waals surface area contributed by atoms with Crippen LogP contribution in [0.3, 0.4) is 0 Å². The predicted octanol–water partition coefficient (Wildman–Crippen LogP) is 2.75. The summed E-state index contributed by atoms with van der Waals surface area (Å²) in [7, 11) is 1.46. The second kappa shape index (κ2) is 4.70. The molecule has 1 unspecified atom stereocenters. The standard InChI is InChI=1S/C12H16FNO2/c1-9-4-3-7-16-14(9)10-5-6-12(15-2)11(13)8-10/h5-6,8-9H,3-4,7H2,1-2H3. The van der Waals surface area contributed by atoms with Gasteiger partial charge in [-0.3, -0.25) is 9.90 Å². The molecule has 4 heteroatoms. The summed E-state index contributed by atoms with van der Waals surface area (Å²) in [5, 5.41) is 1.77. The number of rotatable bonds is 2. The minimum absolute atomic E-state index is 0.258. The van der Waals surface area contributed by atoms with Crippen molar-refractivity contribution in [2.45, 2.75) is 25.8 Å². The zero-order valence-corrected chi connectivity index (χ0v) is 9.57. The van der Waals surface area contributed by atoms with Gasteiger partial charge in [0.2, 0.25) is 0 Å².